The molecule has 0 aliphatic carbocycles. The van der Waals surface area contributed by atoms with E-state index in [-0.39, 0.29) is 0 Å². The second kappa shape index (κ2) is 7.54. The Morgan fingerprint density at radius 3 is 2.53 bits per heavy atom. The fraction of sp³-hybridized carbons (Fsp3) is 0.214. The van der Waals surface area contributed by atoms with Gasteiger partial charge in [-0.05, 0) is 67.1 Å². The van der Waals surface area contributed by atoms with Gasteiger partial charge in [-0.25, -0.2) is 0 Å². The normalized spacial score (nSPS) is 14.7. The molecule has 32 heavy (non-hydrogen) atoms. The van der Waals surface area contributed by atoms with Crippen LogP contribution >= 0.6 is 11.6 Å². The van der Waals surface area contributed by atoms with Crippen LogP contribution in [0.3, 0.4) is 0 Å². The van der Waals surface area contributed by atoms with Crippen molar-refractivity contribution < 1.29 is 0 Å². The summed E-state index contributed by atoms with van der Waals surface area (Å²) in [5, 5.41) is 3.36. The number of para-hydroxylation sites is 1. The number of aromatic nitrogens is 2. The summed E-state index contributed by atoms with van der Waals surface area (Å²) in [6.07, 6.45) is 4.21. The van der Waals surface area contributed by atoms with Crippen molar-refractivity contribution in [2.75, 3.05) is 20.1 Å². The molecule has 3 aromatic carbocycles. The highest BCUT2D eigenvalue weighted by atomic mass is 35.5. The molecule has 4 heteroatoms. The summed E-state index contributed by atoms with van der Waals surface area (Å²) in [7, 11) is 4.31. The minimum Gasteiger partial charge on any atom is -0.351 e. The Hall–Kier alpha value is -3.01. The molecule has 5 aromatic rings. The molecule has 0 saturated carbocycles. The number of aryl methyl sites for hydroxylation is 1. The summed E-state index contributed by atoms with van der Waals surface area (Å²) in [5.74, 6) is 0. The molecule has 2 aromatic heterocycles. The highest BCUT2D eigenvalue weighted by Gasteiger charge is 2.23. The second-order valence-corrected chi connectivity index (χ2v) is 9.38. The predicted molar refractivity (Wildman–Crippen MR) is 135 cm³/mol. The summed E-state index contributed by atoms with van der Waals surface area (Å²) >= 11 is 6.45. The third-order valence-corrected chi connectivity index (χ3v) is 7.19. The Morgan fingerprint density at radius 2 is 1.62 bits per heavy atom. The van der Waals surface area contributed by atoms with Crippen LogP contribution in [0.15, 0.2) is 72.9 Å². The van der Waals surface area contributed by atoms with Crippen molar-refractivity contribution in [2.45, 2.75) is 12.8 Å². The maximum absolute atomic E-state index is 6.45. The molecule has 0 radical (unpaired) electrons. The largest absolute Gasteiger partial charge is 0.351 e. The number of benzene rings is 3. The third-order valence-electron chi connectivity index (χ3n) is 6.96. The number of hydrogen-bond acceptors (Lipinski definition) is 1. The van der Waals surface area contributed by atoms with Crippen molar-refractivity contribution in [1.82, 2.24) is 14.0 Å². The van der Waals surface area contributed by atoms with Gasteiger partial charge in [0, 0.05) is 65.3 Å². The highest BCUT2D eigenvalue weighted by Crippen LogP contribution is 2.37. The maximum atomic E-state index is 6.45. The van der Waals surface area contributed by atoms with E-state index in [1.807, 2.05) is 6.07 Å². The lowest BCUT2D eigenvalue weighted by Crippen LogP contribution is -2.21. The van der Waals surface area contributed by atoms with Crippen LogP contribution in [0.5, 0.6) is 0 Å². The van der Waals surface area contributed by atoms with Gasteiger partial charge < -0.3 is 14.0 Å². The number of fused-ring (bicyclic) bond motifs is 4. The van der Waals surface area contributed by atoms with Gasteiger partial charge in [0.15, 0.2) is 0 Å². The zero-order valence-corrected chi connectivity index (χ0v) is 19.2. The van der Waals surface area contributed by atoms with Gasteiger partial charge in [0.25, 0.3) is 0 Å². The number of halogens is 1. The lowest BCUT2D eigenvalue weighted by Gasteiger charge is -2.17. The fourth-order valence-corrected chi connectivity index (χ4v) is 5.44. The van der Waals surface area contributed by atoms with Crippen molar-refractivity contribution in [3.8, 4) is 16.8 Å². The van der Waals surface area contributed by atoms with Gasteiger partial charge in [-0.2, -0.15) is 0 Å². The average molecular weight is 440 g/mol. The zero-order valence-electron chi connectivity index (χ0n) is 18.5. The van der Waals surface area contributed by atoms with E-state index in [9.17, 15) is 0 Å². The van der Waals surface area contributed by atoms with Crippen LogP contribution in [0.2, 0.25) is 5.02 Å². The molecular weight excluding hydrogens is 414 g/mol. The van der Waals surface area contributed by atoms with Gasteiger partial charge in [-0.15, -0.1) is 0 Å². The van der Waals surface area contributed by atoms with Crippen LogP contribution < -0.4 is 0 Å². The van der Waals surface area contributed by atoms with E-state index in [2.05, 4.69) is 95.0 Å². The molecule has 1 aliphatic heterocycles. The van der Waals surface area contributed by atoms with Crippen LogP contribution in [-0.4, -0.2) is 34.2 Å². The van der Waals surface area contributed by atoms with Crippen molar-refractivity contribution in [3.05, 3.63) is 89.2 Å². The molecule has 0 saturated heterocycles. The molecule has 0 amide bonds. The van der Waals surface area contributed by atoms with Gasteiger partial charge in [0.05, 0.1) is 11.2 Å². The third kappa shape index (κ3) is 3.08. The van der Waals surface area contributed by atoms with E-state index in [1.54, 1.807) is 0 Å². The summed E-state index contributed by atoms with van der Waals surface area (Å²) in [6, 6.07) is 24.1. The first-order valence-corrected chi connectivity index (χ1v) is 11.6. The van der Waals surface area contributed by atoms with Gasteiger partial charge in [-0.3, -0.25) is 0 Å². The summed E-state index contributed by atoms with van der Waals surface area (Å²) in [6.45, 7) is 2.14. The molecule has 6 rings (SSSR count). The number of nitrogens with zero attached hydrogens (tertiary/aromatic N) is 3. The van der Waals surface area contributed by atoms with E-state index in [4.69, 9.17) is 11.6 Å². The van der Waals surface area contributed by atoms with Crippen molar-refractivity contribution >= 4 is 33.4 Å². The number of rotatable bonds is 2. The molecule has 0 bridgehead atoms. The monoisotopic (exact) mass is 439 g/mol. The van der Waals surface area contributed by atoms with E-state index >= 15 is 0 Å². The Kier molecular flexibility index (Phi) is 4.63. The summed E-state index contributed by atoms with van der Waals surface area (Å²) in [5.41, 5.74) is 9.10. The Labute approximate surface area is 193 Å². The first-order chi connectivity index (χ1) is 15.6. The van der Waals surface area contributed by atoms with Crippen molar-refractivity contribution in [2.24, 2.45) is 7.05 Å². The molecule has 0 unspecified atom stereocenters. The molecule has 0 atom stereocenters. The van der Waals surface area contributed by atoms with Crippen molar-refractivity contribution in [1.29, 1.82) is 0 Å². The molecule has 0 fully saturated rings. The maximum Gasteiger partial charge on any atom is 0.0537 e. The predicted octanol–water partition coefficient (Wildman–Crippen LogP) is 6.47. The molecule has 3 heterocycles. The highest BCUT2D eigenvalue weighted by molar-refractivity contribution is 6.31. The quantitative estimate of drug-likeness (QED) is 0.307. The lowest BCUT2D eigenvalue weighted by molar-refractivity contribution is 0.351. The first-order valence-electron chi connectivity index (χ1n) is 11.3. The standard InChI is InChI=1S/C28H26ClN3/c1-30-14-12-23-24-18-21(29)8-10-27(24)32(28(23)13-15-30)26-6-4-3-5-22(26)19-7-9-25-20(17-19)11-16-31(25)2/h3-11,16-18H,12-15H2,1-2H3. The van der Waals surface area contributed by atoms with Gasteiger partial charge in [0.2, 0.25) is 0 Å². The van der Waals surface area contributed by atoms with E-state index in [0.29, 0.717) is 0 Å². The Bertz CT molecular complexity index is 1470. The van der Waals surface area contributed by atoms with Gasteiger partial charge in [-0.1, -0.05) is 35.9 Å². The lowest BCUT2D eigenvalue weighted by atomic mass is 10.0. The van der Waals surface area contributed by atoms with Gasteiger partial charge >= 0.3 is 0 Å². The van der Waals surface area contributed by atoms with Crippen LogP contribution in [0, 0.1) is 0 Å². The minimum absolute atomic E-state index is 0.804. The average Bonchev–Trinajstić information content (AvgIpc) is 3.25. The SMILES string of the molecule is CN1CCc2c(n(-c3ccccc3-c3ccc4c(ccn4C)c3)c3ccc(Cl)cc23)CC1. The topological polar surface area (TPSA) is 13.1 Å². The van der Waals surface area contributed by atoms with Crippen LogP contribution in [-0.2, 0) is 19.9 Å². The van der Waals surface area contributed by atoms with Gasteiger partial charge in [0.1, 0.15) is 0 Å². The molecule has 1 aliphatic rings. The van der Waals surface area contributed by atoms with E-state index < -0.39 is 0 Å². The molecule has 0 N–H and O–H groups in total. The Balaban J connectivity index is 1.62. The summed E-state index contributed by atoms with van der Waals surface area (Å²) < 4.78 is 4.66. The molecule has 0 spiro atoms. The minimum atomic E-state index is 0.804. The Morgan fingerprint density at radius 1 is 0.812 bits per heavy atom. The van der Waals surface area contributed by atoms with Crippen molar-refractivity contribution in [3.63, 3.8) is 0 Å². The smallest absolute Gasteiger partial charge is 0.0537 e. The van der Waals surface area contributed by atoms with Crippen LogP contribution in [0.1, 0.15) is 11.3 Å². The summed E-state index contributed by atoms with van der Waals surface area (Å²) in [4.78, 5) is 2.43. The molecule has 160 valence electrons. The number of likely N-dealkylation sites (N-methyl/N-ethyl adjacent to an activating group) is 1. The van der Waals surface area contributed by atoms with Crippen LogP contribution in [0.4, 0.5) is 0 Å². The zero-order chi connectivity index (χ0) is 21.8. The second-order valence-electron chi connectivity index (χ2n) is 8.94. The van der Waals surface area contributed by atoms with E-state index in [0.717, 1.165) is 31.0 Å². The molecule has 3 nitrogen and oxygen atoms in total. The van der Waals surface area contributed by atoms with Crippen LogP contribution in [0.25, 0.3) is 38.6 Å². The first kappa shape index (κ1) is 19.7. The van der Waals surface area contributed by atoms with E-state index in [1.165, 1.54) is 49.9 Å². The fourth-order valence-electron chi connectivity index (χ4n) is 5.27. The number of hydrogen-bond donors (Lipinski definition) is 0. The molecular formula is C28H26ClN3.